The first-order chi connectivity index (χ1) is 9.75. The molecule has 1 aliphatic rings. The van der Waals surface area contributed by atoms with Crippen LogP contribution in [0.25, 0.3) is 0 Å². The van der Waals surface area contributed by atoms with Gasteiger partial charge in [-0.2, -0.15) is 0 Å². The van der Waals surface area contributed by atoms with E-state index in [2.05, 4.69) is 5.43 Å². The first-order valence-electron chi connectivity index (χ1n) is 6.62. The molecule has 102 valence electrons. The van der Waals surface area contributed by atoms with Crippen molar-refractivity contribution in [2.24, 2.45) is 0 Å². The second-order valence-corrected chi connectivity index (χ2v) is 4.79. The molecular formula is C16H16N2O2. The van der Waals surface area contributed by atoms with Crippen LogP contribution < -0.4 is 10.4 Å². The van der Waals surface area contributed by atoms with Crippen molar-refractivity contribution in [3.63, 3.8) is 0 Å². The highest BCUT2D eigenvalue weighted by atomic mass is 16.6. The summed E-state index contributed by atoms with van der Waals surface area (Å²) in [5.74, 6) is 0. The lowest BCUT2D eigenvalue weighted by atomic mass is 10.0. The van der Waals surface area contributed by atoms with Gasteiger partial charge in [0.25, 0.3) is 0 Å². The molecule has 1 heterocycles. The Morgan fingerprint density at radius 2 is 1.60 bits per heavy atom. The molecule has 0 unspecified atom stereocenters. The Balaban J connectivity index is 1.92. The molecule has 1 fully saturated rings. The molecule has 3 rings (SSSR count). The number of para-hydroxylation sites is 1. The standard InChI is InChI=1S/C16H16N2O2/c1-12-15(13-8-4-2-5-9-13)20-16(19)17-18(12)14-10-6-3-7-11-14/h2-12,15H,1H3,(H,17,19)/t12-,15-/m0/s1. The molecule has 20 heavy (non-hydrogen) atoms. The summed E-state index contributed by atoms with van der Waals surface area (Å²) >= 11 is 0. The molecule has 1 amide bonds. The minimum atomic E-state index is -0.430. The second kappa shape index (κ2) is 5.25. The highest BCUT2D eigenvalue weighted by Crippen LogP contribution is 2.30. The monoisotopic (exact) mass is 268 g/mol. The molecule has 0 aliphatic carbocycles. The zero-order valence-electron chi connectivity index (χ0n) is 11.2. The Morgan fingerprint density at radius 3 is 2.25 bits per heavy atom. The van der Waals surface area contributed by atoms with Gasteiger partial charge in [-0.15, -0.1) is 0 Å². The lowest BCUT2D eigenvalue weighted by Gasteiger charge is -2.40. The van der Waals surface area contributed by atoms with E-state index in [9.17, 15) is 4.79 Å². The SMILES string of the molecule is C[C@H]1[C@@H](c2ccccc2)OC(=O)NN1c1ccccc1. The fourth-order valence-electron chi connectivity index (χ4n) is 2.45. The topological polar surface area (TPSA) is 41.6 Å². The van der Waals surface area contributed by atoms with Crippen molar-refractivity contribution in [3.05, 3.63) is 66.2 Å². The Labute approximate surface area is 117 Å². The number of anilines is 1. The number of amides is 1. The average Bonchev–Trinajstić information content (AvgIpc) is 2.51. The molecule has 2 aromatic rings. The number of benzene rings is 2. The smallest absolute Gasteiger partial charge is 0.426 e. The van der Waals surface area contributed by atoms with E-state index in [0.717, 1.165) is 11.3 Å². The number of cyclic esters (lactones) is 1. The zero-order valence-corrected chi connectivity index (χ0v) is 11.2. The molecule has 0 radical (unpaired) electrons. The summed E-state index contributed by atoms with van der Waals surface area (Å²) in [6, 6.07) is 19.6. The number of nitrogens with zero attached hydrogens (tertiary/aromatic N) is 1. The molecular weight excluding hydrogens is 252 g/mol. The third-order valence-corrected chi connectivity index (χ3v) is 3.45. The summed E-state index contributed by atoms with van der Waals surface area (Å²) < 4.78 is 5.44. The van der Waals surface area contributed by atoms with Crippen molar-refractivity contribution in [2.75, 3.05) is 5.01 Å². The minimum absolute atomic E-state index is 0.00231. The highest BCUT2D eigenvalue weighted by molar-refractivity contribution is 5.72. The van der Waals surface area contributed by atoms with Crippen molar-refractivity contribution in [2.45, 2.75) is 19.1 Å². The first kappa shape index (κ1) is 12.5. The molecule has 0 spiro atoms. The molecule has 0 bridgehead atoms. The molecule has 2 atom stereocenters. The number of ether oxygens (including phenoxy) is 1. The average molecular weight is 268 g/mol. The summed E-state index contributed by atoms with van der Waals surface area (Å²) in [6.45, 7) is 2.03. The van der Waals surface area contributed by atoms with Gasteiger partial charge >= 0.3 is 6.09 Å². The van der Waals surface area contributed by atoms with Crippen LogP contribution in [0.1, 0.15) is 18.6 Å². The van der Waals surface area contributed by atoms with Gasteiger partial charge in [0, 0.05) is 0 Å². The van der Waals surface area contributed by atoms with E-state index in [1.54, 1.807) is 0 Å². The number of nitrogens with one attached hydrogen (secondary N) is 1. The van der Waals surface area contributed by atoms with Crippen molar-refractivity contribution in [1.82, 2.24) is 5.43 Å². The molecule has 1 N–H and O–H groups in total. The number of rotatable bonds is 2. The Kier molecular flexibility index (Phi) is 3.29. The van der Waals surface area contributed by atoms with E-state index < -0.39 is 6.09 Å². The van der Waals surface area contributed by atoms with Gasteiger partial charge in [0.05, 0.1) is 11.7 Å². The van der Waals surface area contributed by atoms with Gasteiger partial charge in [-0.1, -0.05) is 48.5 Å². The fourth-order valence-corrected chi connectivity index (χ4v) is 2.45. The van der Waals surface area contributed by atoms with E-state index >= 15 is 0 Å². The fraction of sp³-hybridized carbons (Fsp3) is 0.188. The normalized spacial score (nSPS) is 22.1. The molecule has 1 aliphatic heterocycles. The summed E-state index contributed by atoms with van der Waals surface area (Å²) in [5.41, 5.74) is 4.69. The number of hydrogen-bond acceptors (Lipinski definition) is 3. The number of carbonyl (C=O) groups is 1. The third kappa shape index (κ3) is 2.32. The van der Waals surface area contributed by atoms with Gasteiger partial charge in [0.2, 0.25) is 0 Å². The van der Waals surface area contributed by atoms with Crippen LogP contribution in [0.15, 0.2) is 60.7 Å². The van der Waals surface area contributed by atoms with Crippen molar-refractivity contribution in [1.29, 1.82) is 0 Å². The van der Waals surface area contributed by atoms with Crippen LogP contribution in [-0.2, 0) is 4.74 Å². The maximum absolute atomic E-state index is 11.8. The summed E-state index contributed by atoms with van der Waals surface area (Å²) in [7, 11) is 0. The first-order valence-corrected chi connectivity index (χ1v) is 6.62. The van der Waals surface area contributed by atoms with Crippen molar-refractivity contribution < 1.29 is 9.53 Å². The van der Waals surface area contributed by atoms with Gasteiger partial charge in [0.15, 0.2) is 6.10 Å². The summed E-state index contributed by atoms with van der Waals surface area (Å²) in [6.07, 6.45) is -0.717. The maximum atomic E-state index is 11.8. The van der Waals surface area contributed by atoms with Gasteiger partial charge < -0.3 is 4.74 Å². The quantitative estimate of drug-likeness (QED) is 0.908. The molecule has 4 heteroatoms. The Morgan fingerprint density at radius 1 is 1.00 bits per heavy atom. The second-order valence-electron chi connectivity index (χ2n) is 4.79. The lowest BCUT2D eigenvalue weighted by Crippen LogP contribution is -2.56. The van der Waals surface area contributed by atoms with Gasteiger partial charge in [-0.25, -0.2) is 10.2 Å². The van der Waals surface area contributed by atoms with Crippen molar-refractivity contribution in [3.8, 4) is 0 Å². The predicted molar refractivity (Wildman–Crippen MR) is 77.2 cm³/mol. The zero-order chi connectivity index (χ0) is 13.9. The van der Waals surface area contributed by atoms with Crippen LogP contribution in [0.4, 0.5) is 10.5 Å². The van der Waals surface area contributed by atoms with E-state index in [1.165, 1.54) is 0 Å². The van der Waals surface area contributed by atoms with Crippen LogP contribution >= 0.6 is 0 Å². The summed E-state index contributed by atoms with van der Waals surface area (Å²) in [4.78, 5) is 11.8. The van der Waals surface area contributed by atoms with Crippen LogP contribution in [0.3, 0.4) is 0 Å². The van der Waals surface area contributed by atoms with E-state index in [1.807, 2.05) is 72.6 Å². The van der Waals surface area contributed by atoms with Crippen molar-refractivity contribution >= 4 is 11.8 Å². The number of hydrazine groups is 1. The van der Waals surface area contributed by atoms with E-state index in [0.29, 0.717) is 0 Å². The third-order valence-electron chi connectivity index (χ3n) is 3.45. The lowest BCUT2D eigenvalue weighted by molar-refractivity contribution is 0.0576. The Bertz CT molecular complexity index is 534. The molecule has 2 aromatic carbocycles. The van der Waals surface area contributed by atoms with Gasteiger partial charge in [0.1, 0.15) is 0 Å². The number of hydrogen-bond donors (Lipinski definition) is 1. The summed E-state index contributed by atoms with van der Waals surface area (Å²) in [5, 5.41) is 1.85. The maximum Gasteiger partial charge on any atom is 0.426 e. The van der Waals surface area contributed by atoms with Crippen LogP contribution in [0.2, 0.25) is 0 Å². The van der Waals surface area contributed by atoms with Gasteiger partial charge in [-0.05, 0) is 24.6 Å². The van der Waals surface area contributed by atoms with Gasteiger partial charge in [-0.3, -0.25) is 5.01 Å². The van der Waals surface area contributed by atoms with E-state index in [-0.39, 0.29) is 12.1 Å². The largest absolute Gasteiger partial charge is 0.438 e. The van der Waals surface area contributed by atoms with E-state index in [4.69, 9.17) is 4.74 Å². The Hall–Kier alpha value is -2.49. The molecule has 0 aromatic heterocycles. The van der Waals surface area contributed by atoms with Crippen LogP contribution in [0.5, 0.6) is 0 Å². The van der Waals surface area contributed by atoms with Crippen LogP contribution in [-0.4, -0.2) is 12.1 Å². The molecule has 4 nitrogen and oxygen atoms in total. The highest BCUT2D eigenvalue weighted by Gasteiger charge is 2.34. The minimum Gasteiger partial charge on any atom is -0.438 e. The predicted octanol–water partition coefficient (Wildman–Crippen LogP) is 3.28. The number of carbonyl (C=O) groups excluding carboxylic acids is 1. The molecule has 1 saturated heterocycles. The molecule has 0 saturated carbocycles. The van der Waals surface area contributed by atoms with Crippen LogP contribution in [0, 0.1) is 0 Å².